The Morgan fingerprint density at radius 3 is 1.96 bits per heavy atom. The predicted octanol–water partition coefficient (Wildman–Crippen LogP) is 7.12. The lowest BCUT2D eigenvalue weighted by Crippen LogP contribution is -2.05. The lowest BCUT2D eigenvalue weighted by Gasteiger charge is -2.16. The van der Waals surface area contributed by atoms with Crippen LogP contribution in [-0.2, 0) is 0 Å². The molecule has 0 spiro atoms. The molecule has 122 valence electrons. The Labute approximate surface area is 149 Å². The van der Waals surface area contributed by atoms with Crippen molar-refractivity contribution in [2.24, 2.45) is 4.99 Å². The molecule has 1 unspecified atom stereocenters. The minimum absolute atomic E-state index is 0.175. The number of rotatable bonds is 7. The molecule has 0 aliphatic heterocycles. The molecule has 0 amide bonds. The standard InChI is InChI=1S/C20H23Cl2N/c1-3-5-19(15-7-11-17(21)12-8-15)23-20(6-4-2)16-9-13-18(22)14-10-16/h7-14,19H,3-6H2,1-2H3. The third-order valence-electron chi connectivity index (χ3n) is 3.79. The van der Waals surface area contributed by atoms with Crippen LogP contribution in [0.2, 0.25) is 10.0 Å². The van der Waals surface area contributed by atoms with Crippen molar-refractivity contribution in [2.45, 2.75) is 45.6 Å². The Hall–Kier alpha value is -1.31. The van der Waals surface area contributed by atoms with E-state index >= 15 is 0 Å². The molecule has 0 radical (unpaired) electrons. The van der Waals surface area contributed by atoms with E-state index in [4.69, 9.17) is 28.2 Å². The zero-order chi connectivity index (χ0) is 16.7. The normalized spacial score (nSPS) is 13.1. The molecule has 3 heteroatoms. The molecule has 2 aromatic carbocycles. The molecule has 0 bridgehead atoms. The van der Waals surface area contributed by atoms with Crippen molar-refractivity contribution in [2.75, 3.05) is 0 Å². The Bertz CT molecular complexity index is 630. The maximum Gasteiger partial charge on any atom is 0.0752 e. The van der Waals surface area contributed by atoms with Gasteiger partial charge in [-0.3, -0.25) is 4.99 Å². The zero-order valence-electron chi connectivity index (χ0n) is 13.7. The maximum atomic E-state index is 6.01. The molecule has 0 N–H and O–H groups in total. The summed E-state index contributed by atoms with van der Waals surface area (Å²) in [4.78, 5) is 5.09. The van der Waals surface area contributed by atoms with Gasteiger partial charge >= 0.3 is 0 Å². The molecule has 0 saturated carbocycles. The van der Waals surface area contributed by atoms with Crippen molar-refractivity contribution in [3.63, 3.8) is 0 Å². The Balaban J connectivity index is 2.35. The van der Waals surface area contributed by atoms with Gasteiger partial charge in [0.1, 0.15) is 0 Å². The van der Waals surface area contributed by atoms with Gasteiger partial charge in [0.2, 0.25) is 0 Å². The van der Waals surface area contributed by atoms with Crippen LogP contribution in [0, 0.1) is 0 Å². The highest BCUT2D eigenvalue weighted by Crippen LogP contribution is 2.26. The Morgan fingerprint density at radius 2 is 1.43 bits per heavy atom. The van der Waals surface area contributed by atoms with E-state index < -0.39 is 0 Å². The second kappa shape index (κ2) is 9.10. The summed E-state index contributed by atoms with van der Waals surface area (Å²) in [5, 5.41) is 1.52. The fourth-order valence-electron chi connectivity index (χ4n) is 2.61. The van der Waals surface area contributed by atoms with E-state index in [9.17, 15) is 0 Å². The van der Waals surface area contributed by atoms with Crippen LogP contribution in [0.4, 0.5) is 0 Å². The summed E-state index contributed by atoms with van der Waals surface area (Å²) < 4.78 is 0. The first-order valence-electron chi connectivity index (χ1n) is 8.22. The van der Waals surface area contributed by atoms with Crippen LogP contribution in [0.1, 0.15) is 56.7 Å². The van der Waals surface area contributed by atoms with Crippen LogP contribution in [0.25, 0.3) is 0 Å². The first kappa shape index (κ1) is 18.0. The highest BCUT2D eigenvalue weighted by atomic mass is 35.5. The maximum absolute atomic E-state index is 6.01. The highest BCUT2D eigenvalue weighted by Gasteiger charge is 2.12. The molecular weight excluding hydrogens is 325 g/mol. The molecule has 2 rings (SSSR count). The monoisotopic (exact) mass is 347 g/mol. The van der Waals surface area contributed by atoms with Crippen molar-refractivity contribution in [3.05, 3.63) is 69.7 Å². The zero-order valence-corrected chi connectivity index (χ0v) is 15.2. The van der Waals surface area contributed by atoms with Gasteiger partial charge in [0.15, 0.2) is 0 Å². The molecule has 0 aliphatic carbocycles. The van der Waals surface area contributed by atoms with Gasteiger partial charge in [-0.15, -0.1) is 0 Å². The summed E-state index contributed by atoms with van der Waals surface area (Å²) in [6, 6.07) is 16.2. The molecule has 0 fully saturated rings. The quantitative estimate of drug-likeness (QED) is 0.472. The van der Waals surface area contributed by atoms with Crippen LogP contribution in [0.3, 0.4) is 0 Å². The number of benzene rings is 2. The fraction of sp³-hybridized carbons (Fsp3) is 0.350. The lowest BCUT2D eigenvalue weighted by molar-refractivity contribution is 0.639. The molecule has 0 aromatic heterocycles. The second-order valence-electron chi connectivity index (χ2n) is 5.69. The molecule has 2 aromatic rings. The molecule has 0 saturated heterocycles. The van der Waals surface area contributed by atoms with Crippen molar-refractivity contribution >= 4 is 28.9 Å². The van der Waals surface area contributed by atoms with Crippen molar-refractivity contribution in [1.29, 1.82) is 0 Å². The van der Waals surface area contributed by atoms with Crippen LogP contribution in [0.15, 0.2) is 53.5 Å². The van der Waals surface area contributed by atoms with Gasteiger partial charge < -0.3 is 0 Å². The summed E-state index contributed by atoms with van der Waals surface area (Å²) in [5.74, 6) is 0. The molecular formula is C20H23Cl2N. The Kier molecular flexibility index (Phi) is 7.14. The number of nitrogens with zero attached hydrogens (tertiary/aromatic N) is 1. The van der Waals surface area contributed by atoms with Gasteiger partial charge in [-0.25, -0.2) is 0 Å². The van der Waals surface area contributed by atoms with Gasteiger partial charge in [0.05, 0.1) is 6.04 Å². The van der Waals surface area contributed by atoms with Gasteiger partial charge in [0, 0.05) is 15.8 Å². The van der Waals surface area contributed by atoms with Gasteiger partial charge in [-0.05, 0) is 48.2 Å². The number of aliphatic imine (C=N–C) groups is 1. The molecule has 1 nitrogen and oxygen atoms in total. The summed E-state index contributed by atoms with van der Waals surface area (Å²) in [7, 11) is 0. The largest absolute Gasteiger partial charge is 0.281 e. The number of halogens is 2. The van der Waals surface area contributed by atoms with Gasteiger partial charge in [-0.2, -0.15) is 0 Å². The van der Waals surface area contributed by atoms with E-state index in [-0.39, 0.29) is 6.04 Å². The third-order valence-corrected chi connectivity index (χ3v) is 4.30. The predicted molar refractivity (Wildman–Crippen MR) is 102 cm³/mol. The average molecular weight is 348 g/mol. The SMILES string of the molecule is CCCC(=NC(CCC)c1ccc(Cl)cc1)c1ccc(Cl)cc1. The van der Waals surface area contributed by atoms with Crippen LogP contribution >= 0.6 is 23.2 Å². The van der Waals surface area contributed by atoms with Crippen LogP contribution in [0.5, 0.6) is 0 Å². The minimum atomic E-state index is 0.175. The first-order valence-corrected chi connectivity index (χ1v) is 8.97. The lowest BCUT2D eigenvalue weighted by atomic mass is 10.0. The second-order valence-corrected chi connectivity index (χ2v) is 6.56. The molecule has 0 aliphatic rings. The van der Waals surface area contributed by atoms with Crippen molar-refractivity contribution in [1.82, 2.24) is 0 Å². The topological polar surface area (TPSA) is 12.4 Å². The van der Waals surface area contributed by atoms with E-state index in [2.05, 4.69) is 38.1 Å². The van der Waals surface area contributed by atoms with E-state index in [0.29, 0.717) is 0 Å². The van der Waals surface area contributed by atoms with Crippen molar-refractivity contribution in [3.8, 4) is 0 Å². The van der Waals surface area contributed by atoms with E-state index in [1.165, 1.54) is 5.56 Å². The fourth-order valence-corrected chi connectivity index (χ4v) is 2.87. The van der Waals surface area contributed by atoms with Crippen LogP contribution < -0.4 is 0 Å². The number of hydrogen-bond acceptors (Lipinski definition) is 1. The number of hydrogen-bond donors (Lipinski definition) is 0. The highest BCUT2D eigenvalue weighted by molar-refractivity contribution is 6.30. The van der Waals surface area contributed by atoms with Crippen LogP contribution in [-0.4, -0.2) is 5.71 Å². The molecule has 1 atom stereocenters. The van der Waals surface area contributed by atoms with E-state index in [1.54, 1.807) is 0 Å². The molecule has 0 heterocycles. The van der Waals surface area contributed by atoms with Gasteiger partial charge in [0.25, 0.3) is 0 Å². The summed E-state index contributed by atoms with van der Waals surface area (Å²) in [6.07, 6.45) is 4.16. The van der Waals surface area contributed by atoms with E-state index in [0.717, 1.165) is 47.0 Å². The molecule has 23 heavy (non-hydrogen) atoms. The van der Waals surface area contributed by atoms with Gasteiger partial charge in [-0.1, -0.05) is 74.2 Å². The average Bonchev–Trinajstić information content (AvgIpc) is 2.55. The first-order chi connectivity index (χ1) is 11.1. The summed E-state index contributed by atoms with van der Waals surface area (Å²) in [6.45, 7) is 4.38. The summed E-state index contributed by atoms with van der Waals surface area (Å²) >= 11 is 12.0. The third kappa shape index (κ3) is 5.37. The summed E-state index contributed by atoms with van der Waals surface area (Å²) in [5.41, 5.74) is 3.53. The smallest absolute Gasteiger partial charge is 0.0752 e. The minimum Gasteiger partial charge on any atom is -0.281 e. The Morgan fingerprint density at radius 1 is 0.870 bits per heavy atom. The van der Waals surface area contributed by atoms with E-state index in [1.807, 2.05) is 24.3 Å². The van der Waals surface area contributed by atoms with Crippen molar-refractivity contribution < 1.29 is 0 Å².